The highest BCUT2D eigenvalue weighted by Gasteiger charge is 2.35. The van der Waals surface area contributed by atoms with Gasteiger partial charge in [-0.2, -0.15) is 0 Å². The third-order valence-electron chi connectivity index (χ3n) is 4.48. The second-order valence-corrected chi connectivity index (χ2v) is 7.56. The summed E-state index contributed by atoms with van der Waals surface area (Å²) in [5.74, 6) is -0.00101. The second-order valence-electron chi connectivity index (χ2n) is 6.65. The van der Waals surface area contributed by atoms with Crippen LogP contribution in [0, 0.1) is 5.92 Å². The van der Waals surface area contributed by atoms with E-state index in [9.17, 15) is 9.59 Å². The average molecular weight is 401 g/mol. The molecule has 0 unspecified atom stereocenters. The highest BCUT2D eigenvalue weighted by molar-refractivity contribution is 9.10. The van der Waals surface area contributed by atoms with E-state index in [4.69, 9.17) is 0 Å². The van der Waals surface area contributed by atoms with Gasteiger partial charge >= 0.3 is 0 Å². The molecule has 0 aromatic heterocycles. The molecule has 0 radical (unpaired) electrons. The molecule has 1 aliphatic rings. The number of halogens is 1. The summed E-state index contributed by atoms with van der Waals surface area (Å²) in [4.78, 5) is 26.5. The minimum atomic E-state index is -0.332. The van der Waals surface area contributed by atoms with Crippen LogP contribution in [0.4, 0.5) is 11.4 Å². The fourth-order valence-corrected chi connectivity index (χ4v) is 3.21. The number of hydrogen-bond donors (Lipinski definition) is 1. The Balaban J connectivity index is 1.67. The number of rotatable bonds is 4. The Morgan fingerprint density at radius 3 is 2.36 bits per heavy atom. The molecule has 0 spiro atoms. The summed E-state index contributed by atoms with van der Waals surface area (Å²) in [6.07, 6.45) is 0.244. The maximum atomic E-state index is 12.5. The molecule has 0 aliphatic carbocycles. The van der Waals surface area contributed by atoms with Gasteiger partial charge in [0.05, 0.1) is 5.92 Å². The van der Waals surface area contributed by atoms with Crippen LogP contribution in [0.5, 0.6) is 0 Å². The third kappa shape index (κ3) is 4.10. The van der Waals surface area contributed by atoms with Gasteiger partial charge in [0.15, 0.2) is 0 Å². The van der Waals surface area contributed by atoms with Gasteiger partial charge < -0.3 is 10.2 Å². The zero-order chi connectivity index (χ0) is 18.0. The molecule has 2 aromatic rings. The molecule has 0 saturated carbocycles. The molecule has 4 nitrogen and oxygen atoms in total. The first-order valence-electron chi connectivity index (χ1n) is 8.41. The van der Waals surface area contributed by atoms with Crippen molar-refractivity contribution in [1.82, 2.24) is 0 Å². The molecular weight excluding hydrogens is 380 g/mol. The summed E-state index contributed by atoms with van der Waals surface area (Å²) in [5.41, 5.74) is 2.83. The van der Waals surface area contributed by atoms with Crippen molar-refractivity contribution in [3.05, 3.63) is 58.6 Å². The topological polar surface area (TPSA) is 49.4 Å². The molecule has 2 aromatic carbocycles. The fraction of sp³-hybridized carbons (Fsp3) is 0.300. The predicted molar refractivity (Wildman–Crippen MR) is 104 cm³/mol. The average Bonchev–Trinajstić information content (AvgIpc) is 2.99. The van der Waals surface area contributed by atoms with Gasteiger partial charge in [-0.1, -0.05) is 41.9 Å². The molecule has 2 amide bonds. The predicted octanol–water partition coefficient (Wildman–Crippen LogP) is 4.56. The number of amides is 2. The van der Waals surface area contributed by atoms with Crippen molar-refractivity contribution in [3.63, 3.8) is 0 Å². The Bertz CT molecular complexity index is 769. The Morgan fingerprint density at radius 2 is 1.76 bits per heavy atom. The first-order valence-corrected chi connectivity index (χ1v) is 9.20. The zero-order valence-electron chi connectivity index (χ0n) is 14.3. The van der Waals surface area contributed by atoms with Crippen LogP contribution in [0.15, 0.2) is 53.0 Å². The largest absolute Gasteiger partial charge is 0.326 e. The summed E-state index contributed by atoms with van der Waals surface area (Å²) in [5, 5.41) is 2.89. The van der Waals surface area contributed by atoms with E-state index in [0.717, 1.165) is 15.8 Å². The molecule has 1 atom stereocenters. The van der Waals surface area contributed by atoms with Gasteiger partial charge in [-0.3, -0.25) is 9.59 Å². The van der Waals surface area contributed by atoms with Crippen LogP contribution in [0.1, 0.15) is 31.7 Å². The molecule has 1 N–H and O–H groups in total. The van der Waals surface area contributed by atoms with Gasteiger partial charge in [0.1, 0.15) is 0 Å². The summed E-state index contributed by atoms with van der Waals surface area (Å²) < 4.78 is 0.956. The molecule has 130 valence electrons. The van der Waals surface area contributed by atoms with Gasteiger partial charge in [-0.15, -0.1) is 0 Å². The van der Waals surface area contributed by atoms with Gasteiger partial charge in [0, 0.05) is 28.8 Å². The SMILES string of the molecule is CC(C)c1ccc(N2C[C@H](C(=O)Nc3ccc(Br)cc3)CC2=O)cc1. The number of carbonyl (C=O) groups is 2. The van der Waals surface area contributed by atoms with Crippen molar-refractivity contribution in [2.24, 2.45) is 5.92 Å². The molecule has 5 heteroatoms. The van der Waals surface area contributed by atoms with Gasteiger partial charge in [0.25, 0.3) is 0 Å². The van der Waals surface area contributed by atoms with Gasteiger partial charge in [0.2, 0.25) is 11.8 Å². The van der Waals surface area contributed by atoms with E-state index in [1.165, 1.54) is 5.56 Å². The highest BCUT2D eigenvalue weighted by atomic mass is 79.9. The van der Waals surface area contributed by atoms with Crippen LogP contribution < -0.4 is 10.2 Å². The van der Waals surface area contributed by atoms with Crippen molar-refractivity contribution >= 4 is 39.1 Å². The van der Waals surface area contributed by atoms with Crippen LogP contribution in [0.3, 0.4) is 0 Å². The number of hydrogen-bond acceptors (Lipinski definition) is 2. The molecule has 1 saturated heterocycles. The third-order valence-corrected chi connectivity index (χ3v) is 5.01. The number of benzene rings is 2. The zero-order valence-corrected chi connectivity index (χ0v) is 15.9. The number of anilines is 2. The summed E-state index contributed by atoms with van der Waals surface area (Å²) >= 11 is 3.37. The minimum absolute atomic E-state index is 0.00625. The normalized spacial score (nSPS) is 17.2. The quantitative estimate of drug-likeness (QED) is 0.817. The molecule has 1 heterocycles. The molecule has 1 aliphatic heterocycles. The van der Waals surface area contributed by atoms with E-state index in [1.54, 1.807) is 4.90 Å². The Kier molecular flexibility index (Phi) is 5.23. The Labute approximate surface area is 156 Å². The second kappa shape index (κ2) is 7.40. The maximum Gasteiger partial charge on any atom is 0.229 e. The number of nitrogens with one attached hydrogen (secondary N) is 1. The van der Waals surface area contributed by atoms with E-state index in [2.05, 4.69) is 35.1 Å². The van der Waals surface area contributed by atoms with Crippen molar-refractivity contribution in [2.75, 3.05) is 16.8 Å². The van der Waals surface area contributed by atoms with E-state index < -0.39 is 0 Å². The minimum Gasteiger partial charge on any atom is -0.326 e. The first-order chi connectivity index (χ1) is 11.9. The molecule has 1 fully saturated rings. The first kappa shape index (κ1) is 17.7. The van der Waals surface area contributed by atoms with Crippen molar-refractivity contribution in [2.45, 2.75) is 26.2 Å². The lowest BCUT2D eigenvalue weighted by atomic mass is 10.0. The van der Waals surface area contributed by atoms with E-state index in [0.29, 0.717) is 12.5 Å². The highest BCUT2D eigenvalue weighted by Crippen LogP contribution is 2.27. The molecule has 0 bridgehead atoms. The summed E-state index contributed by atoms with van der Waals surface area (Å²) in [7, 11) is 0. The Morgan fingerprint density at radius 1 is 1.12 bits per heavy atom. The standard InChI is InChI=1S/C20H21BrN2O2/c1-13(2)14-3-9-18(10-4-14)23-12-15(11-19(23)24)20(25)22-17-7-5-16(21)6-8-17/h3-10,13,15H,11-12H2,1-2H3,(H,22,25)/t15-/m1/s1. The van der Waals surface area contributed by atoms with Crippen molar-refractivity contribution in [1.29, 1.82) is 0 Å². The Hall–Kier alpha value is -2.14. The number of nitrogens with zero attached hydrogens (tertiary/aromatic N) is 1. The lowest BCUT2D eigenvalue weighted by molar-refractivity contribution is -0.122. The van der Waals surface area contributed by atoms with Crippen LogP contribution in [0.2, 0.25) is 0 Å². The molecule has 25 heavy (non-hydrogen) atoms. The lowest BCUT2D eigenvalue weighted by Crippen LogP contribution is -2.28. The fourth-order valence-electron chi connectivity index (χ4n) is 2.95. The summed E-state index contributed by atoms with van der Waals surface area (Å²) in [6.45, 7) is 4.69. The van der Waals surface area contributed by atoms with Crippen molar-refractivity contribution < 1.29 is 9.59 Å². The van der Waals surface area contributed by atoms with Crippen molar-refractivity contribution in [3.8, 4) is 0 Å². The smallest absolute Gasteiger partial charge is 0.229 e. The van der Waals surface area contributed by atoms with E-state index >= 15 is 0 Å². The molecule has 3 rings (SSSR count). The van der Waals surface area contributed by atoms with Gasteiger partial charge in [-0.25, -0.2) is 0 Å². The van der Waals surface area contributed by atoms with Crippen LogP contribution in [0.25, 0.3) is 0 Å². The maximum absolute atomic E-state index is 12.5. The van der Waals surface area contributed by atoms with Gasteiger partial charge in [-0.05, 0) is 47.9 Å². The van der Waals surface area contributed by atoms with E-state index in [1.807, 2.05) is 48.5 Å². The van der Waals surface area contributed by atoms with E-state index in [-0.39, 0.29) is 24.2 Å². The lowest BCUT2D eigenvalue weighted by Gasteiger charge is -2.17. The molecular formula is C20H21BrN2O2. The number of carbonyl (C=O) groups excluding carboxylic acids is 2. The van der Waals surface area contributed by atoms with Crippen LogP contribution >= 0.6 is 15.9 Å². The van der Waals surface area contributed by atoms with Crippen LogP contribution in [-0.2, 0) is 9.59 Å². The monoisotopic (exact) mass is 400 g/mol. The van der Waals surface area contributed by atoms with Crippen LogP contribution in [-0.4, -0.2) is 18.4 Å². The summed E-state index contributed by atoms with van der Waals surface area (Å²) in [6, 6.07) is 15.4.